The van der Waals surface area contributed by atoms with E-state index in [9.17, 15) is 14.6 Å². The lowest BCUT2D eigenvalue weighted by atomic mass is 10.0. The fourth-order valence-electron chi connectivity index (χ4n) is 4.40. The second-order valence-electron chi connectivity index (χ2n) is 8.13. The quantitative estimate of drug-likeness (QED) is 0.309. The highest BCUT2D eigenvalue weighted by atomic mass is 19.1. The molecule has 170 valence electrons. The fraction of sp³-hybridized carbons (Fsp3) is 0.103. The Labute approximate surface area is 197 Å². The van der Waals surface area contributed by atoms with Gasteiger partial charge in [0.05, 0.1) is 12.6 Å². The summed E-state index contributed by atoms with van der Waals surface area (Å²) in [4.78, 5) is 0. The summed E-state index contributed by atoms with van der Waals surface area (Å²) in [7, 11) is 0. The molecule has 0 saturated carbocycles. The van der Waals surface area contributed by atoms with Crippen LogP contribution in [0.25, 0.3) is 22.0 Å². The minimum atomic E-state index is -1.12. The van der Waals surface area contributed by atoms with Crippen molar-refractivity contribution in [1.29, 1.82) is 0 Å². The molecule has 0 amide bonds. The predicted octanol–water partition coefficient (Wildman–Crippen LogP) is 6.18. The Morgan fingerprint density at radius 3 is 2.32 bits per heavy atom. The topological polar surface area (TPSA) is 54.6 Å². The van der Waals surface area contributed by atoms with Crippen LogP contribution < -0.4 is 4.74 Å². The molecule has 0 bridgehead atoms. The zero-order valence-electron chi connectivity index (χ0n) is 18.4. The van der Waals surface area contributed by atoms with E-state index in [2.05, 4.69) is 0 Å². The van der Waals surface area contributed by atoms with Crippen LogP contribution in [0.4, 0.5) is 4.39 Å². The zero-order valence-corrected chi connectivity index (χ0v) is 18.4. The molecule has 0 aliphatic rings. The third-order valence-electron chi connectivity index (χ3n) is 5.93. The molecule has 5 aromatic rings. The molecule has 0 unspecified atom stereocenters. The molecule has 34 heavy (non-hydrogen) atoms. The minimum absolute atomic E-state index is 0.397. The average Bonchev–Trinajstić information content (AvgIpc) is 3.24. The van der Waals surface area contributed by atoms with Crippen molar-refractivity contribution in [3.63, 3.8) is 0 Å². The van der Waals surface area contributed by atoms with Crippen LogP contribution in [-0.2, 0) is 0 Å². The summed E-state index contributed by atoms with van der Waals surface area (Å²) >= 11 is 0. The van der Waals surface area contributed by atoms with Crippen LogP contribution in [0.2, 0.25) is 0 Å². The molecule has 1 aromatic heterocycles. The second kappa shape index (κ2) is 9.51. The van der Waals surface area contributed by atoms with Gasteiger partial charge in [0, 0.05) is 28.2 Å². The number of rotatable bonds is 7. The number of fused-ring (bicyclic) bond motifs is 1. The summed E-state index contributed by atoms with van der Waals surface area (Å²) < 4.78 is 22.2. The average molecular weight is 454 g/mol. The van der Waals surface area contributed by atoms with E-state index in [1.807, 2.05) is 89.6 Å². The van der Waals surface area contributed by atoms with Gasteiger partial charge in [-0.05, 0) is 42.0 Å². The molecule has 0 aliphatic carbocycles. The Kier molecular flexibility index (Phi) is 6.12. The summed E-state index contributed by atoms with van der Waals surface area (Å²) in [5, 5.41) is 21.6. The normalized spacial score (nSPS) is 13.0. The molecule has 0 spiro atoms. The van der Waals surface area contributed by atoms with E-state index in [1.165, 1.54) is 12.1 Å². The van der Waals surface area contributed by atoms with E-state index in [0.29, 0.717) is 11.3 Å². The maximum Gasteiger partial charge on any atom is 0.135 e. The van der Waals surface area contributed by atoms with Gasteiger partial charge in [-0.25, -0.2) is 4.39 Å². The Morgan fingerprint density at radius 1 is 0.794 bits per heavy atom. The molecule has 0 aliphatic heterocycles. The Hall–Kier alpha value is -3.93. The predicted molar refractivity (Wildman–Crippen MR) is 132 cm³/mol. The SMILES string of the molecule is OC[C@@H](O)[C@H](c1cccc(F)c1)n1cc(-c2ccccc2Oc2ccccc2)c2ccccc21. The van der Waals surface area contributed by atoms with E-state index in [-0.39, 0.29) is 0 Å². The Bertz CT molecular complexity index is 1410. The molecule has 4 aromatic carbocycles. The van der Waals surface area contributed by atoms with Crippen molar-refractivity contribution < 1.29 is 19.3 Å². The number of halogens is 1. The van der Waals surface area contributed by atoms with E-state index in [1.54, 1.807) is 12.1 Å². The van der Waals surface area contributed by atoms with Gasteiger partial charge in [0.15, 0.2) is 0 Å². The lowest BCUT2D eigenvalue weighted by molar-refractivity contribution is 0.0653. The van der Waals surface area contributed by atoms with Crippen LogP contribution in [0.3, 0.4) is 0 Å². The Balaban J connectivity index is 1.69. The number of hydrogen-bond donors (Lipinski definition) is 2. The van der Waals surface area contributed by atoms with Crippen molar-refractivity contribution in [3.05, 3.63) is 121 Å². The van der Waals surface area contributed by atoms with Gasteiger partial charge in [0.2, 0.25) is 0 Å². The van der Waals surface area contributed by atoms with E-state index < -0.39 is 24.6 Å². The van der Waals surface area contributed by atoms with Crippen LogP contribution in [-0.4, -0.2) is 27.5 Å². The lowest BCUT2D eigenvalue weighted by Gasteiger charge is -2.25. The van der Waals surface area contributed by atoms with E-state index in [4.69, 9.17) is 4.74 Å². The minimum Gasteiger partial charge on any atom is -0.457 e. The van der Waals surface area contributed by atoms with Crippen molar-refractivity contribution in [2.24, 2.45) is 0 Å². The monoisotopic (exact) mass is 453 g/mol. The molecule has 2 N–H and O–H groups in total. The summed E-state index contributed by atoms with van der Waals surface area (Å²) in [6.07, 6.45) is 0.813. The first-order chi connectivity index (χ1) is 16.7. The standard InChI is InChI=1S/C29H24FNO3/c30-21-10-8-9-20(17-21)29(27(33)19-32)31-18-25(23-13-4-6-15-26(23)31)24-14-5-7-16-28(24)34-22-11-2-1-3-12-22/h1-18,27,29,32-33H,19H2/t27-,29+/m1/s1. The van der Waals surface area contributed by atoms with Gasteiger partial charge in [-0.1, -0.05) is 66.7 Å². The van der Waals surface area contributed by atoms with Crippen molar-refractivity contribution in [2.75, 3.05) is 6.61 Å². The van der Waals surface area contributed by atoms with Gasteiger partial charge in [0.25, 0.3) is 0 Å². The lowest BCUT2D eigenvalue weighted by Crippen LogP contribution is -2.28. The largest absolute Gasteiger partial charge is 0.457 e. The highest BCUT2D eigenvalue weighted by molar-refractivity contribution is 5.97. The van der Waals surface area contributed by atoms with Crippen molar-refractivity contribution in [3.8, 4) is 22.6 Å². The number of nitrogens with zero attached hydrogens (tertiary/aromatic N) is 1. The zero-order chi connectivity index (χ0) is 23.5. The number of para-hydroxylation sites is 3. The maximum absolute atomic E-state index is 14.1. The first-order valence-corrected chi connectivity index (χ1v) is 11.1. The number of aliphatic hydroxyl groups is 2. The number of benzene rings is 4. The third-order valence-corrected chi connectivity index (χ3v) is 5.93. The number of ether oxygens (including phenoxy) is 1. The van der Waals surface area contributed by atoms with Crippen LogP contribution in [0.15, 0.2) is 109 Å². The molecule has 5 heteroatoms. The molecule has 5 rings (SSSR count). The molecule has 0 saturated heterocycles. The number of hydrogen-bond acceptors (Lipinski definition) is 3. The highest BCUT2D eigenvalue weighted by Gasteiger charge is 2.26. The van der Waals surface area contributed by atoms with Gasteiger partial charge >= 0.3 is 0 Å². The van der Waals surface area contributed by atoms with Crippen molar-refractivity contribution >= 4 is 10.9 Å². The molecular formula is C29H24FNO3. The molecule has 4 nitrogen and oxygen atoms in total. The Morgan fingerprint density at radius 2 is 1.53 bits per heavy atom. The first-order valence-electron chi connectivity index (χ1n) is 11.1. The highest BCUT2D eigenvalue weighted by Crippen LogP contribution is 2.40. The van der Waals surface area contributed by atoms with Gasteiger partial charge in [0.1, 0.15) is 23.4 Å². The number of aliphatic hydroxyl groups excluding tert-OH is 2. The number of aromatic nitrogens is 1. The van der Waals surface area contributed by atoms with Crippen LogP contribution in [0.1, 0.15) is 11.6 Å². The fourth-order valence-corrected chi connectivity index (χ4v) is 4.40. The van der Waals surface area contributed by atoms with E-state index >= 15 is 0 Å². The summed E-state index contributed by atoms with van der Waals surface area (Å²) in [6, 6.07) is 30.6. The molecule has 0 radical (unpaired) electrons. The third kappa shape index (κ3) is 4.19. The summed E-state index contributed by atoms with van der Waals surface area (Å²) in [6.45, 7) is -0.462. The molecule has 1 heterocycles. The summed E-state index contributed by atoms with van der Waals surface area (Å²) in [5.41, 5.74) is 3.22. The van der Waals surface area contributed by atoms with Gasteiger partial charge in [-0.3, -0.25) is 0 Å². The smallest absolute Gasteiger partial charge is 0.135 e. The second-order valence-corrected chi connectivity index (χ2v) is 8.13. The van der Waals surface area contributed by atoms with Crippen molar-refractivity contribution in [2.45, 2.75) is 12.1 Å². The maximum atomic E-state index is 14.1. The molecule has 2 atom stereocenters. The van der Waals surface area contributed by atoms with Gasteiger partial charge in [-0.2, -0.15) is 0 Å². The van der Waals surface area contributed by atoms with Gasteiger partial charge in [-0.15, -0.1) is 0 Å². The molecule has 0 fully saturated rings. The van der Waals surface area contributed by atoms with E-state index in [0.717, 1.165) is 27.8 Å². The van der Waals surface area contributed by atoms with Crippen LogP contribution in [0, 0.1) is 5.82 Å². The summed E-state index contributed by atoms with van der Waals surface area (Å²) in [5.74, 6) is 1.03. The first kappa shape index (κ1) is 21.9. The van der Waals surface area contributed by atoms with Crippen LogP contribution >= 0.6 is 0 Å². The van der Waals surface area contributed by atoms with Crippen LogP contribution in [0.5, 0.6) is 11.5 Å². The molecular weight excluding hydrogens is 429 g/mol. The van der Waals surface area contributed by atoms with Crippen molar-refractivity contribution in [1.82, 2.24) is 4.57 Å². The van der Waals surface area contributed by atoms with Gasteiger partial charge < -0.3 is 19.5 Å².